The number of hydrogen-bond acceptors (Lipinski definition) is 3. The van der Waals surface area contributed by atoms with E-state index in [0.29, 0.717) is 24.5 Å². The first-order valence-electron chi connectivity index (χ1n) is 5.97. The molecule has 1 aromatic heterocycles. The third-order valence-electron chi connectivity index (χ3n) is 2.85. The lowest BCUT2D eigenvalue weighted by atomic mass is 10.3. The van der Waals surface area contributed by atoms with Gasteiger partial charge < -0.3 is 4.74 Å². The van der Waals surface area contributed by atoms with Gasteiger partial charge in [0.1, 0.15) is 23.7 Å². The van der Waals surface area contributed by atoms with Gasteiger partial charge in [0.15, 0.2) is 0 Å². The molecule has 0 bridgehead atoms. The number of benzene rings is 1. The highest BCUT2D eigenvalue weighted by Crippen LogP contribution is 2.21. The first-order chi connectivity index (χ1) is 9.09. The zero-order valence-electron chi connectivity index (χ0n) is 10.9. The van der Waals surface area contributed by atoms with Crippen molar-refractivity contribution in [3.05, 3.63) is 46.6 Å². The second kappa shape index (κ2) is 5.51. The fourth-order valence-corrected chi connectivity index (χ4v) is 1.95. The predicted molar refractivity (Wildman–Crippen MR) is 68.7 cm³/mol. The summed E-state index contributed by atoms with van der Waals surface area (Å²) in [7, 11) is 0. The van der Waals surface area contributed by atoms with Gasteiger partial charge in [-0.1, -0.05) is 18.2 Å². The van der Waals surface area contributed by atoms with Gasteiger partial charge in [0, 0.05) is 0 Å². The molecule has 1 heterocycles. The Morgan fingerprint density at radius 2 is 2.00 bits per heavy atom. The van der Waals surface area contributed by atoms with Gasteiger partial charge in [-0.2, -0.15) is 5.10 Å². The van der Waals surface area contributed by atoms with E-state index in [1.54, 1.807) is 18.5 Å². The van der Waals surface area contributed by atoms with E-state index in [1.165, 1.54) is 0 Å². The molecule has 19 heavy (non-hydrogen) atoms. The zero-order valence-corrected chi connectivity index (χ0v) is 10.9. The van der Waals surface area contributed by atoms with E-state index in [-0.39, 0.29) is 10.6 Å². The van der Waals surface area contributed by atoms with Crippen molar-refractivity contribution in [1.29, 1.82) is 0 Å². The average Bonchev–Trinajstić information content (AvgIpc) is 2.66. The van der Waals surface area contributed by atoms with Crippen molar-refractivity contribution in [2.75, 3.05) is 6.61 Å². The van der Waals surface area contributed by atoms with Gasteiger partial charge in [0.2, 0.25) is 0 Å². The Morgan fingerprint density at radius 3 is 2.58 bits per heavy atom. The summed E-state index contributed by atoms with van der Waals surface area (Å²) < 4.78 is 7.21. The van der Waals surface area contributed by atoms with Crippen LogP contribution in [-0.2, 0) is 6.54 Å². The van der Waals surface area contributed by atoms with Crippen molar-refractivity contribution in [1.82, 2.24) is 9.78 Å². The Morgan fingerprint density at radius 1 is 1.32 bits per heavy atom. The fourth-order valence-electron chi connectivity index (χ4n) is 1.95. The molecule has 0 radical (unpaired) electrons. The van der Waals surface area contributed by atoms with E-state index in [4.69, 9.17) is 9.94 Å². The van der Waals surface area contributed by atoms with Crippen LogP contribution in [0.5, 0.6) is 5.75 Å². The molecule has 0 aliphatic heterocycles. The quantitative estimate of drug-likeness (QED) is 0.840. The lowest BCUT2D eigenvalue weighted by molar-refractivity contribution is -0.730. The molecule has 0 saturated carbocycles. The number of para-hydroxylation sites is 1. The minimum Gasteiger partial charge on any atom is -0.492 e. The molecule has 0 unspecified atom stereocenters. The van der Waals surface area contributed by atoms with Crippen LogP contribution in [0.3, 0.4) is 0 Å². The average molecular weight is 262 g/mol. The third kappa shape index (κ3) is 2.90. The van der Waals surface area contributed by atoms with Crippen LogP contribution in [0.1, 0.15) is 11.4 Å². The normalized spacial score (nSPS) is 10.4. The zero-order chi connectivity index (χ0) is 13.8. The van der Waals surface area contributed by atoms with Gasteiger partial charge in [0.05, 0.1) is 11.5 Å². The van der Waals surface area contributed by atoms with Crippen molar-refractivity contribution in [3.8, 4) is 5.75 Å². The van der Waals surface area contributed by atoms with Gasteiger partial charge >= 0.3 is 5.69 Å². The van der Waals surface area contributed by atoms with Crippen LogP contribution in [0.2, 0.25) is 0 Å². The van der Waals surface area contributed by atoms with E-state index in [0.717, 1.165) is 5.75 Å². The minimum absolute atomic E-state index is 0.147. The summed E-state index contributed by atoms with van der Waals surface area (Å²) >= 11 is 0. The van der Waals surface area contributed by atoms with Crippen molar-refractivity contribution in [2.45, 2.75) is 20.4 Å². The van der Waals surface area contributed by atoms with Gasteiger partial charge in [0.25, 0.3) is 4.92 Å². The highest BCUT2D eigenvalue weighted by molar-refractivity contribution is 5.38. The Hall–Kier alpha value is -2.37. The van der Waals surface area contributed by atoms with E-state index >= 15 is 0 Å². The second-order valence-electron chi connectivity index (χ2n) is 4.18. The van der Waals surface area contributed by atoms with E-state index in [1.807, 2.05) is 30.3 Å². The summed E-state index contributed by atoms with van der Waals surface area (Å²) in [4.78, 5) is 10.8. The lowest BCUT2D eigenvalue weighted by Crippen LogP contribution is -2.11. The molecule has 6 nitrogen and oxygen atoms in total. The lowest BCUT2D eigenvalue weighted by Gasteiger charge is -2.06. The topological polar surface area (TPSA) is 67.4 Å². The van der Waals surface area contributed by atoms with Crippen LogP contribution in [0.4, 0.5) is 5.69 Å². The Balaban J connectivity index is 2.01. The predicted octanol–water partition coefficient (Wildman–Crippen LogP) is 2.38. The van der Waals surface area contributed by atoms with Gasteiger partial charge in [-0.15, -0.1) is 0 Å². The standard InChI is InChI=1S/C13H16N3O3/c1-10-13(16(17)18)11(2)15(14-10)8-9-19-12-6-4-3-5-7-12/h3-7H,8-9H2,1-2H3,(H,17,18)/q+1. The summed E-state index contributed by atoms with van der Waals surface area (Å²) in [6, 6.07) is 9.47. The Labute approximate surface area is 110 Å². The van der Waals surface area contributed by atoms with Crippen LogP contribution in [-0.4, -0.2) is 26.5 Å². The molecule has 2 rings (SSSR count). The number of aryl methyl sites for hydroxylation is 1. The molecule has 6 heteroatoms. The molecular formula is C13H16N3O3+. The van der Waals surface area contributed by atoms with Crippen LogP contribution in [0, 0.1) is 18.8 Å². The largest absolute Gasteiger partial charge is 0.492 e. The van der Waals surface area contributed by atoms with Crippen LogP contribution in [0.15, 0.2) is 30.3 Å². The summed E-state index contributed by atoms with van der Waals surface area (Å²) in [6.45, 7) is 4.36. The van der Waals surface area contributed by atoms with Gasteiger partial charge in [-0.05, 0) is 26.0 Å². The maximum atomic E-state index is 11.0. The monoisotopic (exact) mass is 262 g/mol. The minimum atomic E-state index is -0.147. The van der Waals surface area contributed by atoms with Gasteiger partial charge in [-0.25, -0.2) is 5.21 Å². The summed E-state index contributed by atoms with van der Waals surface area (Å²) in [5.74, 6) is 0.789. The molecule has 0 amide bonds. The number of aromatic nitrogens is 2. The first kappa shape index (κ1) is 13.1. The number of hydrogen-bond donors (Lipinski definition) is 1. The molecule has 0 fully saturated rings. The third-order valence-corrected chi connectivity index (χ3v) is 2.85. The van der Waals surface area contributed by atoms with Gasteiger partial charge in [-0.3, -0.25) is 4.68 Å². The number of nitrogens with zero attached hydrogens (tertiary/aromatic N) is 3. The van der Waals surface area contributed by atoms with Crippen molar-refractivity contribution < 1.29 is 14.9 Å². The van der Waals surface area contributed by atoms with E-state index < -0.39 is 0 Å². The SMILES string of the molecule is Cc1nn(CCOc2ccccc2)c(C)c1[N+](=O)O. The molecule has 1 aromatic carbocycles. The molecule has 2 aromatic rings. The van der Waals surface area contributed by atoms with Crippen LogP contribution < -0.4 is 4.74 Å². The summed E-state index contributed by atoms with van der Waals surface area (Å²) in [5, 5.41) is 13.2. The maximum Gasteiger partial charge on any atom is 0.359 e. The highest BCUT2D eigenvalue weighted by atomic mass is 16.6. The molecule has 0 aliphatic carbocycles. The van der Waals surface area contributed by atoms with Crippen molar-refractivity contribution >= 4 is 5.69 Å². The highest BCUT2D eigenvalue weighted by Gasteiger charge is 2.25. The molecule has 1 N–H and O–H groups in total. The van der Waals surface area contributed by atoms with Crippen LogP contribution >= 0.6 is 0 Å². The molecule has 0 atom stereocenters. The first-order valence-corrected chi connectivity index (χ1v) is 5.97. The summed E-state index contributed by atoms with van der Waals surface area (Å²) in [5.41, 5.74) is 1.31. The molecule has 0 spiro atoms. The molecule has 100 valence electrons. The van der Waals surface area contributed by atoms with E-state index in [9.17, 15) is 4.91 Å². The maximum absolute atomic E-state index is 11.0. The summed E-state index contributed by atoms with van der Waals surface area (Å²) in [6.07, 6.45) is 0. The fraction of sp³-hybridized carbons (Fsp3) is 0.308. The number of ether oxygens (including phenoxy) is 1. The Kier molecular flexibility index (Phi) is 3.79. The van der Waals surface area contributed by atoms with Crippen molar-refractivity contribution in [3.63, 3.8) is 0 Å². The van der Waals surface area contributed by atoms with Crippen LogP contribution in [0.25, 0.3) is 0 Å². The molecule has 0 saturated heterocycles. The molecule has 0 aliphatic rings. The number of rotatable bonds is 5. The second-order valence-corrected chi connectivity index (χ2v) is 4.18. The Bertz CT molecular complexity index is 578. The molecular weight excluding hydrogens is 246 g/mol. The van der Waals surface area contributed by atoms with Crippen molar-refractivity contribution in [2.24, 2.45) is 0 Å². The van der Waals surface area contributed by atoms with E-state index in [2.05, 4.69) is 5.10 Å². The smallest absolute Gasteiger partial charge is 0.359 e.